The Balaban J connectivity index is 2.11. The van der Waals surface area contributed by atoms with Gasteiger partial charge in [0.25, 0.3) is 5.91 Å². The van der Waals surface area contributed by atoms with E-state index in [1.54, 1.807) is 6.07 Å². The van der Waals surface area contributed by atoms with Crippen molar-refractivity contribution in [3.8, 4) is 0 Å². The topological polar surface area (TPSA) is 42.2 Å². The Morgan fingerprint density at radius 3 is 3.06 bits per heavy atom. The molecule has 0 saturated heterocycles. The van der Waals surface area contributed by atoms with Crippen molar-refractivity contribution in [1.82, 2.24) is 5.32 Å². The zero-order valence-corrected chi connectivity index (χ0v) is 11.7. The molecular weight excluding hydrogens is 294 g/mol. The molecule has 0 radical (unpaired) electrons. The van der Waals surface area contributed by atoms with Gasteiger partial charge in [-0.2, -0.15) is 0 Å². The fourth-order valence-electron chi connectivity index (χ4n) is 1.66. The van der Waals surface area contributed by atoms with Crippen molar-refractivity contribution in [2.24, 2.45) is 0 Å². The molecule has 0 aliphatic heterocycles. The summed E-state index contributed by atoms with van der Waals surface area (Å²) in [5.41, 5.74) is 0.705. The number of fused-ring (bicyclic) bond motifs is 1. The molecule has 0 aliphatic rings. The van der Waals surface area contributed by atoms with Crippen LogP contribution in [0.1, 0.15) is 23.9 Å². The Morgan fingerprint density at radius 2 is 2.33 bits per heavy atom. The number of hydrogen-bond acceptors (Lipinski definition) is 2. The summed E-state index contributed by atoms with van der Waals surface area (Å²) in [7, 11) is 0. The first-order valence-electron chi connectivity index (χ1n) is 5.80. The van der Waals surface area contributed by atoms with Gasteiger partial charge in [-0.25, -0.2) is 0 Å². The van der Waals surface area contributed by atoms with E-state index in [1.165, 1.54) is 0 Å². The highest BCUT2D eigenvalue weighted by molar-refractivity contribution is 9.10. The highest BCUT2D eigenvalue weighted by Gasteiger charge is 2.12. The molecule has 94 valence electrons. The van der Waals surface area contributed by atoms with Gasteiger partial charge in [-0.3, -0.25) is 4.79 Å². The van der Waals surface area contributed by atoms with Crippen LogP contribution in [0.15, 0.2) is 45.3 Å². The van der Waals surface area contributed by atoms with E-state index in [4.69, 9.17) is 4.42 Å². The molecule has 0 fully saturated rings. The van der Waals surface area contributed by atoms with Gasteiger partial charge in [0.05, 0.1) is 4.47 Å². The number of rotatable bonds is 4. The van der Waals surface area contributed by atoms with Gasteiger partial charge in [-0.1, -0.05) is 24.3 Å². The van der Waals surface area contributed by atoms with Gasteiger partial charge in [0, 0.05) is 11.9 Å². The minimum Gasteiger partial charge on any atom is -0.450 e. The average molecular weight is 308 g/mol. The van der Waals surface area contributed by atoms with Gasteiger partial charge in [0.15, 0.2) is 5.76 Å². The van der Waals surface area contributed by atoms with Crippen LogP contribution >= 0.6 is 15.9 Å². The van der Waals surface area contributed by atoms with Crippen LogP contribution in [0.3, 0.4) is 0 Å². The van der Waals surface area contributed by atoms with Gasteiger partial charge in [-0.05, 0) is 41.4 Å². The SMILES string of the molecule is C/C=C/CCNC(=O)c1cc2cccc(Br)c2o1. The molecule has 1 N–H and O–H groups in total. The number of hydrogen-bond donors (Lipinski definition) is 1. The van der Waals surface area contributed by atoms with Gasteiger partial charge < -0.3 is 9.73 Å². The first-order chi connectivity index (χ1) is 8.72. The minimum atomic E-state index is -0.178. The third-order valence-electron chi connectivity index (χ3n) is 2.55. The third-order valence-corrected chi connectivity index (χ3v) is 3.18. The van der Waals surface area contributed by atoms with Gasteiger partial charge in [0.1, 0.15) is 5.58 Å². The average Bonchev–Trinajstić information content (AvgIpc) is 2.80. The second kappa shape index (κ2) is 5.87. The first-order valence-corrected chi connectivity index (χ1v) is 6.59. The molecule has 1 aromatic carbocycles. The van der Waals surface area contributed by atoms with Crippen molar-refractivity contribution < 1.29 is 9.21 Å². The van der Waals surface area contributed by atoms with Crippen molar-refractivity contribution in [3.05, 3.63) is 46.7 Å². The quantitative estimate of drug-likeness (QED) is 0.688. The minimum absolute atomic E-state index is 0.178. The molecule has 0 bridgehead atoms. The van der Waals surface area contributed by atoms with E-state index in [0.717, 1.165) is 16.3 Å². The molecule has 0 saturated carbocycles. The van der Waals surface area contributed by atoms with Crippen LogP contribution in [-0.2, 0) is 0 Å². The number of nitrogens with one attached hydrogen (secondary N) is 1. The number of amides is 1. The number of halogens is 1. The molecule has 18 heavy (non-hydrogen) atoms. The summed E-state index contributed by atoms with van der Waals surface area (Å²) in [6.45, 7) is 2.57. The summed E-state index contributed by atoms with van der Waals surface area (Å²) in [6, 6.07) is 7.47. The Labute approximate surface area is 114 Å². The predicted octanol–water partition coefficient (Wildman–Crippen LogP) is 3.89. The highest BCUT2D eigenvalue weighted by atomic mass is 79.9. The molecule has 0 unspecified atom stereocenters. The maximum atomic E-state index is 11.8. The normalized spacial score (nSPS) is 11.2. The predicted molar refractivity (Wildman–Crippen MR) is 75.7 cm³/mol. The zero-order valence-electron chi connectivity index (χ0n) is 10.1. The lowest BCUT2D eigenvalue weighted by Gasteiger charge is -1.99. The summed E-state index contributed by atoms with van der Waals surface area (Å²) in [5, 5.41) is 3.73. The number of allylic oxidation sites excluding steroid dienone is 1. The molecule has 0 spiro atoms. The maximum absolute atomic E-state index is 11.8. The van der Waals surface area contributed by atoms with Crippen LogP contribution in [0.2, 0.25) is 0 Å². The molecule has 3 nitrogen and oxygen atoms in total. The second-order valence-electron chi connectivity index (χ2n) is 3.88. The summed E-state index contributed by atoms with van der Waals surface area (Å²) < 4.78 is 6.40. The van der Waals surface area contributed by atoms with E-state index in [-0.39, 0.29) is 5.91 Å². The highest BCUT2D eigenvalue weighted by Crippen LogP contribution is 2.26. The first kappa shape index (κ1) is 12.9. The second-order valence-corrected chi connectivity index (χ2v) is 4.74. The maximum Gasteiger partial charge on any atom is 0.287 e. The lowest BCUT2D eigenvalue weighted by molar-refractivity contribution is 0.0929. The zero-order chi connectivity index (χ0) is 13.0. The molecule has 1 heterocycles. The van der Waals surface area contributed by atoms with Crippen molar-refractivity contribution in [1.29, 1.82) is 0 Å². The molecule has 2 aromatic rings. The van der Waals surface area contributed by atoms with E-state index in [1.807, 2.05) is 37.3 Å². The van der Waals surface area contributed by atoms with E-state index < -0.39 is 0 Å². The summed E-state index contributed by atoms with van der Waals surface area (Å²) in [6.07, 6.45) is 4.80. The Bertz CT molecular complexity index is 586. The molecule has 4 heteroatoms. The van der Waals surface area contributed by atoms with Crippen molar-refractivity contribution in [2.45, 2.75) is 13.3 Å². The van der Waals surface area contributed by atoms with E-state index >= 15 is 0 Å². The number of furan rings is 1. The van der Waals surface area contributed by atoms with Gasteiger partial charge >= 0.3 is 0 Å². The Hall–Kier alpha value is -1.55. The van der Waals surface area contributed by atoms with Crippen LogP contribution in [0.4, 0.5) is 0 Å². The van der Waals surface area contributed by atoms with Crippen LogP contribution < -0.4 is 5.32 Å². The number of carbonyl (C=O) groups is 1. The molecule has 0 atom stereocenters. The molecule has 0 aliphatic carbocycles. The van der Waals surface area contributed by atoms with Crippen molar-refractivity contribution in [3.63, 3.8) is 0 Å². The van der Waals surface area contributed by atoms with Gasteiger partial charge in [-0.15, -0.1) is 0 Å². The fourth-order valence-corrected chi connectivity index (χ4v) is 2.12. The van der Waals surface area contributed by atoms with Gasteiger partial charge in [0.2, 0.25) is 0 Å². The Morgan fingerprint density at radius 1 is 1.50 bits per heavy atom. The standard InChI is InChI=1S/C14H14BrNO2/c1-2-3-4-8-16-14(17)12-9-10-6-5-7-11(15)13(10)18-12/h2-3,5-7,9H,4,8H2,1H3,(H,16,17)/b3-2+. The van der Waals surface area contributed by atoms with Crippen LogP contribution in [0.25, 0.3) is 11.0 Å². The molecule has 1 amide bonds. The smallest absolute Gasteiger partial charge is 0.287 e. The number of benzene rings is 1. The number of para-hydroxylation sites is 1. The van der Waals surface area contributed by atoms with E-state index in [0.29, 0.717) is 17.9 Å². The molecule has 1 aromatic heterocycles. The largest absolute Gasteiger partial charge is 0.450 e. The molecular formula is C14H14BrNO2. The lowest BCUT2D eigenvalue weighted by atomic mass is 10.2. The summed E-state index contributed by atoms with van der Waals surface area (Å²) in [4.78, 5) is 11.8. The van der Waals surface area contributed by atoms with Crippen molar-refractivity contribution in [2.75, 3.05) is 6.54 Å². The van der Waals surface area contributed by atoms with E-state index in [2.05, 4.69) is 21.2 Å². The lowest BCUT2D eigenvalue weighted by Crippen LogP contribution is -2.23. The monoisotopic (exact) mass is 307 g/mol. The third kappa shape index (κ3) is 2.82. The van der Waals surface area contributed by atoms with E-state index in [9.17, 15) is 4.79 Å². The molecule has 2 rings (SSSR count). The summed E-state index contributed by atoms with van der Waals surface area (Å²) in [5.74, 6) is 0.167. The Kier molecular flexibility index (Phi) is 4.20. The van der Waals surface area contributed by atoms with Crippen LogP contribution in [0.5, 0.6) is 0 Å². The van der Waals surface area contributed by atoms with Crippen LogP contribution in [0, 0.1) is 0 Å². The fraction of sp³-hybridized carbons (Fsp3) is 0.214. The van der Waals surface area contributed by atoms with Crippen molar-refractivity contribution >= 4 is 32.8 Å². The van der Waals surface area contributed by atoms with Crippen LogP contribution in [-0.4, -0.2) is 12.5 Å². The number of carbonyl (C=O) groups excluding carboxylic acids is 1. The summed E-state index contributed by atoms with van der Waals surface area (Å²) >= 11 is 3.40.